The summed E-state index contributed by atoms with van der Waals surface area (Å²) < 4.78 is 26.2. The topological polar surface area (TPSA) is 74.7 Å². The predicted molar refractivity (Wildman–Crippen MR) is 87.7 cm³/mol. The van der Waals surface area contributed by atoms with Crippen molar-refractivity contribution in [2.45, 2.75) is 24.3 Å². The Labute approximate surface area is 136 Å². The van der Waals surface area contributed by atoms with Crippen molar-refractivity contribution < 1.29 is 18.3 Å². The molecule has 0 fully saturated rings. The van der Waals surface area contributed by atoms with Crippen LogP contribution in [-0.2, 0) is 21.2 Å². The molecule has 0 bridgehead atoms. The standard InChI is InChI=1S/C17H19NO4S/c1-13-8-10-15(11-9-13)23(21,22)18(2)16(17(19)20)12-14-6-4-3-5-7-14/h3-11,16H,12H2,1-2H3,(H,19,20)/t16-/m1/s1. The Morgan fingerprint density at radius 3 is 2.17 bits per heavy atom. The van der Waals surface area contributed by atoms with Crippen LogP contribution in [0.4, 0.5) is 0 Å². The lowest BCUT2D eigenvalue weighted by molar-refractivity contribution is -0.141. The van der Waals surface area contributed by atoms with Gasteiger partial charge in [-0.05, 0) is 31.0 Å². The molecule has 23 heavy (non-hydrogen) atoms. The molecule has 0 unspecified atom stereocenters. The Morgan fingerprint density at radius 1 is 1.09 bits per heavy atom. The summed E-state index contributed by atoms with van der Waals surface area (Å²) in [6, 6.07) is 14.2. The number of likely N-dealkylation sites (N-methyl/N-ethyl adjacent to an activating group) is 1. The first-order valence-electron chi connectivity index (χ1n) is 7.14. The molecule has 0 saturated carbocycles. The summed E-state index contributed by atoms with van der Waals surface area (Å²) >= 11 is 0. The van der Waals surface area contributed by atoms with Gasteiger partial charge in [0.05, 0.1) is 4.90 Å². The summed E-state index contributed by atoms with van der Waals surface area (Å²) in [4.78, 5) is 11.7. The van der Waals surface area contributed by atoms with Crippen LogP contribution in [0.25, 0.3) is 0 Å². The summed E-state index contributed by atoms with van der Waals surface area (Å²) in [5.41, 5.74) is 1.71. The number of carboxylic acid groups (broad SMARTS) is 1. The van der Waals surface area contributed by atoms with Gasteiger partial charge in [-0.3, -0.25) is 4.79 Å². The molecule has 0 aliphatic rings. The van der Waals surface area contributed by atoms with Crippen LogP contribution in [-0.4, -0.2) is 36.9 Å². The first-order chi connectivity index (χ1) is 10.8. The largest absolute Gasteiger partial charge is 0.480 e. The zero-order valence-electron chi connectivity index (χ0n) is 13.0. The molecule has 0 heterocycles. The van der Waals surface area contributed by atoms with Crippen LogP contribution in [0.5, 0.6) is 0 Å². The lowest BCUT2D eigenvalue weighted by atomic mass is 10.1. The maximum absolute atomic E-state index is 12.6. The van der Waals surface area contributed by atoms with Crippen LogP contribution in [0.3, 0.4) is 0 Å². The maximum atomic E-state index is 12.6. The van der Waals surface area contributed by atoms with Gasteiger partial charge in [-0.1, -0.05) is 48.0 Å². The van der Waals surface area contributed by atoms with Gasteiger partial charge in [0.1, 0.15) is 6.04 Å². The minimum atomic E-state index is -3.87. The summed E-state index contributed by atoms with van der Waals surface area (Å²) in [7, 11) is -2.57. The maximum Gasteiger partial charge on any atom is 0.322 e. The van der Waals surface area contributed by atoms with E-state index in [2.05, 4.69) is 0 Å². The number of hydrogen-bond donors (Lipinski definition) is 1. The Hall–Kier alpha value is -2.18. The number of aryl methyl sites for hydroxylation is 1. The molecule has 2 rings (SSSR count). The summed E-state index contributed by atoms with van der Waals surface area (Å²) in [6.07, 6.45) is 0.109. The van der Waals surface area contributed by atoms with Crippen LogP contribution in [0.2, 0.25) is 0 Å². The van der Waals surface area contributed by atoms with Gasteiger partial charge in [-0.25, -0.2) is 8.42 Å². The Morgan fingerprint density at radius 2 is 1.65 bits per heavy atom. The van der Waals surface area contributed by atoms with Gasteiger partial charge < -0.3 is 5.11 Å². The van der Waals surface area contributed by atoms with Crippen molar-refractivity contribution >= 4 is 16.0 Å². The average molecular weight is 333 g/mol. The van der Waals surface area contributed by atoms with Gasteiger partial charge in [0, 0.05) is 7.05 Å². The SMILES string of the molecule is Cc1ccc(S(=O)(=O)N(C)[C@H](Cc2ccccc2)C(=O)O)cc1. The first kappa shape index (κ1) is 17.2. The average Bonchev–Trinajstić information content (AvgIpc) is 2.53. The van der Waals surface area contributed by atoms with E-state index >= 15 is 0 Å². The molecule has 1 N–H and O–H groups in total. The van der Waals surface area contributed by atoms with Gasteiger partial charge in [0.15, 0.2) is 0 Å². The monoisotopic (exact) mass is 333 g/mol. The molecule has 5 nitrogen and oxygen atoms in total. The highest BCUT2D eigenvalue weighted by Gasteiger charge is 2.32. The van der Waals surface area contributed by atoms with Crippen molar-refractivity contribution in [3.8, 4) is 0 Å². The summed E-state index contributed by atoms with van der Waals surface area (Å²) in [5, 5.41) is 9.45. The van der Waals surface area contributed by atoms with E-state index in [1.165, 1.54) is 19.2 Å². The quantitative estimate of drug-likeness (QED) is 0.880. The normalized spacial score (nSPS) is 13.0. The van der Waals surface area contributed by atoms with E-state index in [9.17, 15) is 18.3 Å². The fraction of sp³-hybridized carbons (Fsp3) is 0.235. The van der Waals surface area contributed by atoms with Crippen molar-refractivity contribution in [2.24, 2.45) is 0 Å². The fourth-order valence-corrected chi connectivity index (χ4v) is 3.57. The number of benzene rings is 2. The number of carbonyl (C=O) groups is 1. The molecule has 0 aromatic heterocycles. The number of aliphatic carboxylic acids is 1. The molecule has 2 aromatic carbocycles. The highest BCUT2D eigenvalue weighted by atomic mass is 32.2. The molecule has 1 atom stereocenters. The third kappa shape index (κ3) is 3.97. The number of sulfonamides is 1. The number of hydrogen-bond acceptors (Lipinski definition) is 3. The molecule has 0 saturated heterocycles. The summed E-state index contributed by atoms with van der Waals surface area (Å²) in [6.45, 7) is 1.86. The molecule has 0 spiro atoms. The second-order valence-electron chi connectivity index (χ2n) is 5.38. The minimum absolute atomic E-state index is 0.0879. The highest BCUT2D eigenvalue weighted by Crippen LogP contribution is 2.19. The number of carboxylic acids is 1. The van der Waals surface area contributed by atoms with Crippen LogP contribution in [0.1, 0.15) is 11.1 Å². The van der Waals surface area contributed by atoms with Crippen LogP contribution >= 0.6 is 0 Å². The van der Waals surface area contributed by atoms with Crippen LogP contribution in [0.15, 0.2) is 59.5 Å². The lowest BCUT2D eigenvalue weighted by Gasteiger charge is -2.24. The van der Waals surface area contributed by atoms with E-state index in [1.807, 2.05) is 13.0 Å². The van der Waals surface area contributed by atoms with Crippen molar-refractivity contribution in [1.29, 1.82) is 0 Å². The zero-order valence-corrected chi connectivity index (χ0v) is 13.8. The van der Waals surface area contributed by atoms with Crippen molar-refractivity contribution in [2.75, 3.05) is 7.05 Å². The number of nitrogens with zero attached hydrogens (tertiary/aromatic N) is 1. The van der Waals surface area contributed by atoms with E-state index in [-0.39, 0.29) is 11.3 Å². The van der Waals surface area contributed by atoms with Gasteiger partial charge >= 0.3 is 5.97 Å². The van der Waals surface area contributed by atoms with Crippen LogP contribution < -0.4 is 0 Å². The third-order valence-corrected chi connectivity index (χ3v) is 5.57. The third-order valence-electron chi connectivity index (χ3n) is 3.69. The fourth-order valence-electron chi connectivity index (χ4n) is 2.25. The Kier molecular flexibility index (Phi) is 5.18. The predicted octanol–water partition coefficient (Wildman–Crippen LogP) is 2.31. The molecule has 2 aromatic rings. The van der Waals surface area contributed by atoms with Crippen molar-refractivity contribution in [1.82, 2.24) is 4.31 Å². The van der Waals surface area contributed by atoms with Crippen molar-refractivity contribution in [3.63, 3.8) is 0 Å². The highest BCUT2D eigenvalue weighted by molar-refractivity contribution is 7.89. The lowest BCUT2D eigenvalue weighted by Crippen LogP contribution is -2.43. The second kappa shape index (κ2) is 6.93. The van der Waals surface area contributed by atoms with E-state index in [1.54, 1.807) is 36.4 Å². The molecule has 122 valence electrons. The van der Waals surface area contributed by atoms with E-state index in [4.69, 9.17) is 0 Å². The molecule has 6 heteroatoms. The minimum Gasteiger partial charge on any atom is -0.480 e. The van der Waals surface area contributed by atoms with Gasteiger partial charge in [-0.2, -0.15) is 4.31 Å². The zero-order chi connectivity index (χ0) is 17.0. The number of rotatable bonds is 6. The van der Waals surface area contributed by atoms with E-state index < -0.39 is 22.0 Å². The van der Waals surface area contributed by atoms with E-state index in [0.717, 1.165) is 15.4 Å². The Bertz CT molecular complexity index is 770. The van der Waals surface area contributed by atoms with E-state index in [0.29, 0.717) is 0 Å². The molecular formula is C17H19NO4S. The molecular weight excluding hydrogens is 314 g/mol. The molecule has 0 radical (unpaired) electrons. The van der Waals surface area contributed by atoms with Gasteiger partial charge in [0.25, 0.3) is 0 Å². The molecule has 0 amide bonds. The molecule has 0 aliphatic heterocycles. The first-order valence-corrected chi connectivity index (χ1v) is 8.58. The smallest absolute Gasteiger partial charge is 0.322 e. The summed E-state index contributed by atoms with van der Waals surface area (Å²) in [5.74, 6) is -1.17. The van der Waals surface area contributed by atoms with Gasteiger partial charge in [0.2, 0.25) is 10.0 Å². The van der Waals surface area contributed by atoms with Crippen molar-refractivity contribution in [3.05, 3.63) is 65.7 Å². The van der Waals surface area contributed by atoms with Gasteiger partial charge in [-0.15, -0.1) is 0 Å². The Balaban J connectivity index is 2.31. The van der Waals surface area contributed by atoms with Crippen LogP contribution in [0, 0.1) is 6.92 Å². The molecule has 0 aliphatic carbocycles. The second-order valence-corrected chi connectivity index (χ2v) is 7.38.